The highest BCUT2D eigenvalue weighted by molar-refractivity contribution is 6.30. The van der Waals surface area contributed by atoms with Gasteiger partial charge in [-0.1, -0.05) is 25.4 Å². The van der Waals surface area contributed by atoms with Crippen LogP contribution in [-0.2, 0) is 6.61 Å². The number of hydrogen-bond acceptors (Lipinski definition) is 2. The van der Waals surface area contributed by atoms with E-state index in [0.717, 1.165) is 11.4 Å². The van der Waals surface area contributed by atoms with Crippen molar-refractivity contribution in [2.24, 2.45) is 0 Å². The van der Waals surface area contributed by atoms with E-state index in [1.807, 2.05) is 35.0 Å². The largest absolute Gasteiger partial charge is 0.390 e. The second-order valence-electron chi connectivity index (χ2n) is 4.26. The van der Waals surface area contributed by atoms with Crippen LogP contribution in [0.1, 0.15) is 31.2 Å². The normalized spacial score (nSPS) is 11.1. The Kier molecular flexibility index (Phi) is 3.50. The van der Waals surface area contributed by atoms with Crippen molar-refractivity contribution in [3.8, 4) is 5.69 Å². The molecule has 0 saturated heterocycles. The van der Waals surface area contributed by atoms with Crippen molar-refractivity contribution in [3.63, 3.8) is 0 Å². The van der Waals surface area contributed by atoms with E-state index < -0.39 is 0 Å². The smallest absolute Gasteiger partial charge is 0.0886 e. The van der Waals surface area contributed by atoms with Gasteiger partial charge >= 0.3 is 0 Å². The Morgan fingerprint density at radius 2 is 1.94 bits per heavy atom. The van der Waals surface area contributed by atoms with Gasteiger partial charge in [-0.05, 0) is 36.2 Å². The minimum Gasteiger partial charge on any atom is -0.390 e. The summed E-state index contributed by atoms with van der Waals surface area (Å²) in [4.78, 5) is 0. The highest BCUT2D eigenvalue weighted by Crippen LogP contribution is 2.21. The molecule has 1 aromatic carbocycles. The van der Waals surface area contributed by atoms with Crippen molar-refractivity contribution in [3.05, 3.63) is 46.7 Å². The lowest BCUT2D eigenvalue weighted by atomic mass is 10.1. The Balaban J connectivity index is 2.49. The van der Waals surface area contributed by atoms with Crippen LogP contribution in [0.25, 0.3) is 5.69 Å². The Labute approximate surface area is 106 Å². The lowest BCUT2D eigenvalue weighted by Gasteiger charge is -2.09. The SMILES string of the molecule is CC(C)c1cc(CO)nn1-c1ccc(Cl)cc1. The Bertz CT molecular complexity index is 503. The summed E-state index contributed by atoms with van der Waals surface area (Å²) in [5.74, 6) is 0.346. The summed E-state index contributed by atoms with van der Waals surface area (Å²) in [5.41, 5.74) is 2.72. The van der Waals surface area contributed by atoms with Crippen molar-refractivity contribution < 1.29 is 5.11 Å². The van der Waals surface area contributed by atoms with Gasteiger partial charge in [-0.2, -0.15) is 5.10 Å². The van der Waals surface area contributed by atoms with Crippen LogP contribution < -0.4 is 0 Å². The van der Waals surface area contributed by atoms with E-state index in [1.165, 1.54) is 0 Å². The molecule has 4 heteroatoms. The van der Waals surface area contributed by atoms with Gasteiger partial charge < -0.3 is 5.11 Å². The first kappa shape index (κ1) is 12.1. The third-order valence-electron chi connectivity index (χ3n) is 2.61. The molecule has 2 rings (SSSR count). The summed E-state index contributed by atoms with van der Waals surface area (Å²) in [6.07, 6.45) is 0. The van der Waals surface area contributed by atoms with Crippen LogP contribution in [0.3, 0.4) is 0 Å². The van der Waals surface area contributed by atoms with Gasteiger partial charge in [0.05, 0.1) is 18.0 Å². The standard InChI is InChI=1S/C13H15ClN2O/c1-9(2)13-7-11(8-17)15-16(13)12-5-3-10(14)4-6-12/h3-7,9,17H,8H2,1-2H3. The lowest BCUT2D eigenvalue weighted by Crippen LogP contribution is -2.03. The quantitative estimate of drug-likeness (QED) is 0.909. The number of hydrogen-bond donors (Lipinski definition) is 1. The number of rotatable bonds is 3. The fraction of sp³-hybridized carbons (Fsp3) is 0.308. The zero-order chi connectivity index (χ0) is 12.4. The van der Waals surface area contributed by atoms with Crippen LogP contribution in [-0.4, -0.2) is 14.9 Å². The van der Waals surface area contributed by atoms with Crippen LogP contribution in [0.5, 0.6) is 0 Å². The number of aliphatic hydroxyl groups excluding tert-OH is 1. The molecule has 0 aliphatic heterocycles. The molecular weight excluding hydrogens is 236 g/mol. The molecule has 3 nitrogen and oxygen atoms in total. The number of halogens is 1. The molecule has 0 bridgehead atoms. The van der Waals surface area contributed by atoms with Gasteiger partial charge in [-0.25, -0.2) is 4.68 Å². The molecule has 1 heterocycles. The summed E-state index contributed by atoms with van der Waals surface area (Å²) in [6.45, 7) is 4.16. The van der Waals surface area contributed by atoms with Crippen LogP contribution in [0.4, 0.5) is 0 Å². The monoisotopic (exact) mass is 250 g/mol. The summed E-state index contributed by atoms with van der Waals surface area (Å²) in [6, 6.07) is 9.44. The minimum atomic E-state index is -0.0414. The molecule has 2 aromatic rings. The van der Waals surface area contributed by atoms with E-state index in [0.29, 0.717) is 16.6 Å². The van der Waals surface area contributed by atoms with Crippen molar-refractivity contribution in [2.45, 2.75) is 26.4 Å². The maximum atomic E-state index is 9.15. The fourth-order valence-electron chi connectivity index (χ4n) is 1.72. The first-order chi connectivity index (χ1) is 8.11. The molecule has 17 heavy (non-hydrogen) atoms. The van der Waals surface area contributed by atoms with Crippen LogP contribution >= 0.6 is 11.6 Å². The van der Waals surface area contributed by atoms with Gasteiger partial charge in [0, 0.05) is 10.7 Å². The topological polar surface area (TPSA) is 38.1 Å². The Morgan fingerprint density at radius 3 is 2.47 bits per heavy atom. The summed E-state index contributed by atoms with van der Waals surface area (Å²) < 4.78 is 1.85. The van der Waals surface area contributed by atoms with E-state index in [2.05, 4.69) is 18.9 Å². The van der Waals surface area contributed by atoms with Gasteiger partial charge in [0.2, 0.25) is 0 Å². The molecule has 0 amide bonds. The molecule has 0 saturated carbocycles. The zero-order valence-corrected chi connectivity index (χ0v) is 10.6. The van der Waals surface area contributed by atoms with E-state index in [9.17, 15) is 0 Å². The second kappa shape index (κ2) is 4.90. The van der Waals surface area contributed by atoms with Crippen LogP contribution in [0.2, 0.25) is 5.02 Å². The second-order valence-corrected chi connectivity index (χ2v) is 4.70. The average Bonchev–Trinajstić information content (AvgIpc) is 2.74. The molecule has 0 unspecified atom stereocenters. The van der Waals surface area contributed by atoms with E-state index in [4.69, 9.17) is 16.7 Å². The van der Waals surface area contributed by atoms with Gasteiger partial charge in [0.15, 0.2) is 0 Å². The number of aromatic nitrogens is 2. The van der Waals surface area contributed by atoms with Crippen molar-refractivity contribution in [1.29, 1.82) is 0 Å². The summed E-state index contributed by atoms with van der Waals surface area (Å²) >= 11 is 5.86. The molecular formula is C13H15ClN2O. The van der Waals surface area contributed by atoms with Crippen LogP contribution in [0.15, 0.2) is 30.3 Å². The lowest BCUT2D eigenvalue weighted by molar-refractivity contribution is 0.276. The van der Waals surface area contributed by atoms with E-state index >= 15 is 0 Å². The Hall–Kier alpha value is -1.32. The molecule has 0 atom stereocenters. The van der Waals surface area contributed by atoms with Gasteiger partial charge in [-0.15, -0.1) is 0 Å². The molecule has 1 aromatic heterocycles. The molecule has 90 valence electrons. The van der Waals surface area contributed by atoms with Crippen molar-refractivity contribution in [1.82, 2.24) is 9.78 Å². The molecule has 1 N–H and O–H groups in total. The predicted octanol–water partition coefficient (Wildman–Crippen LogP) is 3.14. The molecule has 0 aliphatic carbocycles. The fourth-order valence-corrected chi connectivity index (χ4v) is 1.85. The van der Waals surface area contributed by atoms with Gasteiger partial charge in [0.25, 0.3) is 0 Å². The van der Waals surface area contributed by atoms with Crippen molar-refractivity contribution in [2.75, 3.05) is 0 Å². The highest BCUT2D eigenvalue weighted by atomic mass is 35.5. The Morgan fingerprint density at radius 1 is 1.29 bits per heavy atom. The van der Waals surface area contributed by atoms with Gasteiger partial charge in [-0.3, -0.25) is 0 Å². The van der Waals surface area contributed by atoms with E-state index in [-0.39, 0.29) is 6.61 Å². The van der Waals surface area contributed by atoms with Gasteiger partial charge in [0.1, 0.15) is 0 Å². The number of aliphatic hydroxyl groups is 1. The summed E-state index contributed by atoms with van der Waals surface area (Å²) in [5, 5.41) is 14.2. The third-order valence-corrected chi connectivity index (χ3v) is 2.86. The van der Waals surface area contributed by atoms with E-state index in [1.54, 1.807) is 0 Å². The number of benzene rings is 1. The molecule has 0 spiro atoms. The maximum absolute atomic E-state index is 9.15. The molecule has 0 fully saturated rings. The predicted molar refractivity (Wildman–Crippen MR) is 68.6 cm³/mol. The van der Waals surface area contributed by atoms with Crippen LogP contribution in [0, 0.1) is 0 Å². The zero-order valence-electron chi connectivity index (χ0n) is 9.89. The van der Waals surface area contributed by atoms with Crippen molar-refractivity contribution >= 4 is 11.6 Å². The number of nitrogens with zero attached hydrogens (tertiary/aromatic N) is 2. The highest BCUT2D eigenvalue weighted by Gasteiger charge is 2.11. The molecule has 0 radical (unpaired) electrons. The first-order valence-electron chi connectivity index (χ1n) is 5.57. The average molecular weight is 251 g/mol. The first-order valence-corrected chi connectivity index (χ1v) is 5.95. The molecule has 0 aliphatic rings. The third kappa shape index (κ3) is 2.51. The minimum absolute atomic E-state index is 0.0414. The summed E-state index contributed by atoms with van der Waals surface area (Å²) in [7, 11) is 0. The maximum Gasteiger partial charge on any atom is 0.0886 e.